The standard InChI is InChI=1S/C22H34N2O2Si/c1-17(16-26-27(6,7)22(2,3)4)21(18-12-14-23-15-13-18)24-19-8-10-20(25-5)11-9-19/h8-15,17,21,24H,16H2,1-7H3/t17-,21+/m1/s1. The van der Waals surface area contributed by atoms with E-state index < -0.39 is 8.32 Å². The minimum absolute atomic E-state index is 0.145. The maximum Gasteiger partial charge on any atom is 0.191 e. The highest BCUT2D eigenvalue weighted by Crippen LogP contribution is 2.37. The molecule has 0 radical (unpaired) electrons. The van der Waals surface area contributed by atoms with E-state index in [0.29, 0.717) is 5.92 Å². The van der Waals surface area contributed by atoms with Gasteiger partial charge in [-0.25, -0.2) is 0 Å². The van der Waals surface area contributed by atoms with Crippen molar-refractivity contribution >= 4 is 14.0 Å². The van der Waals surface area contributed by atoms with E-state index in [1.54, 1.807) is 7.11 Å². The van der Waals surface area contributed by atoms with Crippen molar-refractivity contribution in [1.29, 1.82) is 0 Å². The Morgan fingerprint density at radius 3 is 2.15 bits per heavy atom. The molecule has 0 aliphatic carbocycles. The highest BCUT2D eigenvalue weighted by atomic mass is 28.4. The lowest BCUT2D eigenvalue weighted by Crippen LogP contribution is -2.42. The molecule has 1 aromatic heterocycles. The Hall–Kier alpha value is -1.85. The third-order valence-corrected chi connectivity index (χ3v) is 10.1. The summed E-state index contributed by atoms with van der Waals surface area (Å²) in [6, 6.07) is 12.3. The van der Waals surface area contributed by atoms with Crippen molar-refractivity contribution in [2.75, 3.05) is 19.0 Å². The Labute approximate surface area is 165 Å². The zero-order chi connectivity index (χ0) is 20.1. The number of rotatable bonds is 8. The molecule has 0 saturated heterocycles. The molecule has 0 spiro atoms. The van der Waals surface area contributed by atoms with Crippen LogP contribution in [0.5, 0.6) is 5.75 Å². The summed E-state index contributed by atoms with van der Waals surface area (Å²) in [4.78, 5) is 4.17. The van der Waals surface area contributed by atoms with Gasteiger partial charge in [-0.3, -0.25) is 4.98 Å². The van der Waals surface area contributed by atoms with Gasteiger partial charge < -0.3 is 14.5 Å². The summed E-state index contributed by atoms with van der Waals surface area (Å²) >= 11 is 0. The lowest BCUT2D eigenvalue weighted by molar-refractivity contribution is 0.224. The molecule has 1 N–H and O–H groups in total. The van der Waals surface area contributed by atoms with Gasteiger partial charge in [0.25, 0.3) is 0 Å². The first-order valence-corrected chi connectivity index (χ1v) is 12.5. The molecule has 5 heteroatoms. The van der Waals surface area contributed by atoms with E-state index in [0.717, 1.165) is 18.0 Å². The number of aromatic nitrogens is 1. The van der Waals surface area contributed by atoms with Crippen molar-refractivity contribution < 1.29 is 9.16 Å². The van der Waals surface area contributed by atoms with Gasteiger partial charge in [0.15, 0.2) is 8.32 Å². The smallest absolute Gasteiger partial charge is 0.191 e. The van der Waals surface area contributed by atoms with Crippen LogP contribution in [0.1, 0.15) is 39.3 Å². The first-order valence-electron chi connectivity index (χ1n) is 9.58. The van der Waals surface area contributed by atoms with Gasteiger partial charge in [0, 0.05) is 30.6 Å². The summed E-state index contributed by atoms with van der Waals surface area (Å²) in [6.45, 7) is 14.4. The van der Waals surface area contributed by atoms with Crippen molar-refractivity contribution in [3.8, 4) is 5.75 Å². The molecule has 0 aliphatic rings. The van der Waals surface area contributed by atoms with Crippen LogP contribution in [0.25, 0.3) is 0 Å². The molecular formula is C22H34N2O2Si. The molecule has 0 bridgehead atoms. The molecular weight excluding hydrogens is 352 g/mol. The van der Waals surface area contributed by atoms with Crippen molar-refractivity contribution in [3.63, 3.8) is 0 Å². The fraction of sp³-hybridized carbons (Fsp3) is 0.500. The van der Waals surface area contributed by atoms with Gasteiger partial charge in [0.1, 0.15) is 5.75 Å². The quantitative estimate of drug-likeness (QED) is 0.573. The largest absolute Gasteiger partial charge is 0.497 e. The summed E-state index contributed by atoms with van der Waals surface area (Å²) < 4.78 is 11.8. The first kappa shape index (κ1) is 21.4. The van der Waals surface area contributed by atoms with Gasteiger partial charge in [-0.2, -0.15) is 0 Å². The number of nitrogens with zero attached hydrogens (tertiary/aromatic N) is 1. The van der Waals surface area contributed by atoms with Gasteiger partial charge in [-0.15, -0.1) is 0 Å². The summed E-state index contributed by atoms with van der Waals surface area (Å²) in [5, 5.41) is 3.88. The zero-order valence-electron chi connectivity index (χ0n) is 17.7. The number of nitrogens with one attached hydrogen (secondary N) is 1. The number of pyridine rings is 1. The van der Waals surface area contributed by atoms with Crippen molar-refractivity contribution in [2.45, 2.75) is 51.9 Å². The number of hydrogen-bond acceptors (Lipinski definition) is 4. The van der Waals surface area contributed by atoms with Crippen LogP contribution in [0.4, 0.5) is 5.69 Å². The number of ether oxygens (including phenoxy) is 1. The van der Waals surface area contributed by atoms with Gasteiger partial charge in [0.05, 0.1) is 13.2 Å². The second-order valence-electron chi connectivity index (χ2n) is 8.68. The molecule has 148 valence electrons. The highest BCUT2D eigenvalue weighted by molar-refractivity contribution is 6.74. The minimum atomic E-state index is -1.78. The predicted octanol–water partition coefficient (Wildman–Crippen LogP) is 5.90. The molecule has 0 unspecified atom stereocenters. The molecule has 1 heterocycles. The van der Waals surface area contributed by atoms with E-state index in [2.05, 4.69) is 75.4 Å². The Bertz CT molecular complexity index is 697. The molecule has 2 aromatic rings. The monoisotopic (exact) mass is 386 g/mol. The van der Waals surface area contributed by atoms with Crippen LogP contribution >= 0.6 is 0 Å². The molecule has 1 aromatic carbocycles. The Kier molecular flexibility index (Phi) is 7.06. The number of anilines is 1. The maximum absolute atomic E-state index is 6.50. The lowest BCUT2D eigenvalue weighted by atomic mass is 9.95. The molecule has 0 fully saturated rings. The molecule has 0 saturated carbocycles. The molecule has 0 aliphatic heterocycles. The van der Waals surface area contributed by atoms with Crippen LogP contribution in [0.15, 0.2) is 48.8 Å². The predicted molar refractivity (Wildman–Crippen MR) is 116 cm³/mol. The van der Waals surface area contributed by atoms with Crippen molar-refractivity contribution in [3.05, 3.63) is 54.4 Å². The van der Waals surface area contributed by atoms with E-state index in [1.165, 1.54) is 5.56 Å². The summed E-state index contributed by atoms with van der Waals surface area (Å²) in [5.74, 6) is 1.17. The van der Waals surface area contributed by atoms with Crippen LogP contribution in [0, 0.1) is 5.92 Å². The third-order valence-electron chi connectivity index (χ3n) is 5.56. The van der Waals surface area contributed by atoms with Crippen LogP contribution in [-0.2, 0) is 4.43 Å². The SMILES string of the molecule is COc1ccc(N[C@H](c2ccncc2)[C@H](C)CO[Si](C)(C)C(C)(C)C)cc1. The van der Waals surface area contributed by atoms with Gasteiger partial charge in [-0.05, 0) is 60.1 Å². The van der Waals surface area contributed by atoms with E-state index in [4.69, 9.17) is 9.16 Å². The average molecular weight is 387 g/mol. The number of benzene rings is 1. The first-order chi connectivity index (χ1) is 12.6. The van der Waals surface area contributed by atoms with E-state index in [1.807, 2.05) is 24.5 Å². The molecule has 2 rings (SSSR count). The number of hydrogen-bond donors (Lipinski definition) is 1. The minimum Gasteiger partial charge on any atom is -0.497 e. The van der Waals surface area contributed by atoms with E-state index >= 15 is 0 Å². The van der Waals surface area contributed by atoms with Crippen LogP contribution in [-0.4, -0.2) is 27.0 Å². The summed E-state index contributed by atoms with van der Waals surface area (Å²) in [6.07, 6.45) is 3.69. The molecule has 27 heavy (non-hydrogen) atoms. The van der Waals surface area contributed by atoms with Crippen molar-refractivity contribution in [1.82, 2.24) is 4.98 Å². The fourth-order valence-corrected chi connectivity index (χ4v) is 3.76. The van der Waals surface area contributed by atoms with E-state index in [9.17, 15) is 0 Å². The second kappa shape index (κ2) is 8.89. The normalized spacial score (nSPS) is 14.5. The summed E-state index contributed by atoms with van der Waals surface area (Å²) in [7, 11) is -0.0926. The average Bonchev–Trinajstić information content (AvgIpc) is 2.64. The Morgan fingerprint density at radius 2 is 1.63 bits per heavy atom. The fourth-order valence-electron chi connectivity index (χ4n) is 2.64. The summed E-state index contributed by atoms with van der Waals surface area (Å²) in [5.41, 5.74) is 2.28. The molecule has 4 nitrogen and oxygen atoms in total. The van der Waals surface area contributed by atoms with Gasteiger partial charge in [0.2, 0.25) is 0 Å². The van der Waals surface area contributed by atoms with Crippen LogP contribution < -0.4 is 10.1 Å². The highest BCUT2D eigenvalue weighted by Gasteiger charge is 2.37. The lowest BCUT2D eigenvalue weighted by Gasteiger charge is -2.38. The maximum atomic E-state index is 6.50. The third kappa shape index (κ3) is 5.81. The zero-order valence-corrected chi connectivity index (χ0v) is 18.7. The van der Waals surface area contributed by atoms with Gasteiger partial charge in [-0.1, -0.05) is 27.7 Å². The molecule has 0 amide bonds. The number of methoxy groups -OCH3 is 1. The topological polar surface area (TPSA) is 43.4 Å². The van der Waals surface area contributed by atoms with Crippen molar-refractivity contribution in [2.24, 2.45) is 5.92 Å². The van der Waals surface area contributed by atoms with Crippen LogP contribution in [0.2, 0.25) is 18.1 Å². The Morgan fingerprint density at radius 1 is 1.04 bits per heavy atom. The molecule has 2 atom stereocenters. The van der Waals surface area contributed by atoms with Gasteiger partial charge >= 0.3 is 0 Å². The Balaban J connectivity index is 2.17. The second-order valence-corrected chi connectivity index (χ2v) is 13.5. The van der Waals surface area contributed by atoms with E-state index in [-0.39, 0.29) is 11.1 Å². The van der Waals surface area contributed by atoms with Crippen LogP contribution in [0.3, 0.4) is 0 Å².